The molecule has 4 nitrogen and oxygen atoms in total. The van der Waals surface area contributed by atoms with Crippen LogP contribution in [0.15, 0.2) is 6.07 Å². The molecule has 2 N–H and O–H groups in total. The molecular formula is C18H28N2O2S. The molecule has 0 bridgehead atoms. The van der Waals surface area contributed by atoms with E-state index in [0.29, 0.717) is 13.1 Å². The van der Waals surface area contributed by atoms with E-state index in [1.54, 1.807) is 11.3 Å². The van der Waals surface area contributed by atoms with Crippen LogP contribution in [-0.2, 0) is 0 Å². The van der Waals surface area contributed by atoms with Crippen molar-refractivity contribution < 1.29 is 9.90 Å². The molecular weight excluding hydrogens is 308 g/mol. The molecule has 1 aromatic heterocycles. The number of piperidine rings is 1. The molecule has 0 aromatic carbocycles. The van der Waals surface area contributed by atoms with Gasteiger partial charge in [0.25, 0.3) is 0 Å². The first kappa shape index (κ1) is 16.8. The van der Waals surface area contributed by atoms with E-state index in [-0.39, 0.29) is 18.0 Å². The fourth-order valence-corrected chi connectivity index (χ4v) is 5.21. The second-order valence-corrected chi connectivity index (χ2v) is 8.74. The van der Waals surface area contributed by atoms with E-state index in [0.717, 1.165) is 25.7 Å². The Morgan fingerprint density at radius 1 is 1.43 bits per heavy atom. The Hall–Kier alpha value is -1.07. The number of carbonyl (C=O) groups is 1. The number of carbonyl (C=O) groups excluding carboxylic acids is 1. The first-order valence-electron chi connectivity index (χ1n) is 8.74. The molecule has 23 heavy (non-hydrogen) atoms. The van der Waals surface area contributed by atoms with E-state index in [1.165, 1.54) is 21.7 Å². The summed E-state index contributed by atoms with van der Waals surface area (Å²) >= 11 is 1.78. The number of hydrogen-bond donors (Lipinski definition) is 2. The van der Waals surface area contributed by atoms with Gasteiger partial charge in [-0.1, -0.05) is 12.8 Å². The predicted molar refractivity (Wildman–Crippen MR) is 93.8 cm³/mol. The van der Waals surface area contributed by atoms with Gasteiger partial charge in [0.2, 0.25) is 0 Å². The Morgan fingerprint density at radius 2 is 2.22 bits per heavy atom. The van der Waals surface area contributed by atoms with E-state index in [1.807, 2.05) is 11.8 Å². The third-order valence-corrected chi connectivity index (χ3v) is 6.58. The molecule has 0 spiro atoms. The zero-order valence-electron chi connectivity index (χ0n) is 14.4. The maximum atomic E-state index is 12.6. The molecule has 3 unspecified atom stereocenters. The fraction of sp³-hybridized carbons (Fsp3) is 0.722. The number of hydrogen-bond acceptors (Lipinski definition) is 3. The minimum atomic E-state index is -0.526. The second-order valence-electron chi connectivity index (χ2n) is 7.28. The summed E-state index contributed by atoms with van der Waals surface area (Å²) in [7, 11) is 0. The van der Waals surface area contributed by atoms with Crippen LogP contribution in [0.2, 0.25) is 0 Å². The summed E-state index contributed by atoms with van der Waals surface area (Å²) in [6.07, 6.45) is 4.95. The van der Waals surface area contributed by atoms with Gasteiger partial charge in [0.15, 0.2) is 0 Å². The number of aryl methyl sites for hydroxylation is 2. The first-order valence-corrected chi connectivity index (χ1v) is 9.55. The highest BCUT2D eigenvalue weighted by Gasteiger charge is 2.43. The summed E-state index contributed by atoms with van der Waals surface area (Å²) in [6.45, 7) is 7.61. The minimum absolute atomic E-state index is 0.00776. The lowest BCUT2D eigenvalue weighted by Crippen LogP contribution is -2.56. The van der Waals surface area contributed by atoms with Crippen LogP contribution in [0.1, 0.15) is 60.4 Å². The highest BCUT2D eigenvalue weighted by molar-refractivity contribution is 7.12. The number of likely N-dealkylation sites (tertiary alicyclic amines) is 1. The van der Waals surface area contributed by atoms with Crippen LogP contribution >= 0.6 is 11.3 Å². The van der Waals surface area contributed by atoms with E-state index in [2.05, 4.69) is 25.2 Å². The third-order valence-electron chi connectivity index (χ3n) is 5.60. The largest absolute Gasteiger partial charge is 0.389 e. The van der Waals surface area contributed by atoms with Crippen LogP contribution in [0, 0.1) is 19.8 Å². The van der Waals surface area contributed by atoms with Gasteiger partial charge in [-0.25, -0.2) is 4.79 Å². The van der Waals surface area contributed by atoms with E-state index in [4.69, 9.17) is 0 Å². The normalized spacial score (nSPS) is 29.0. The smallest absolute Gasteiger partial charge is 0.317 e. The van der Waals surface area contributed by atoms with E-state index in [9.17, 15) is 9.90 Å². The number of amides is 2. The van der Waals surface area contributed by atoms with Crippen LogP contribution in [0.5, 0.6) is 0 Å². The van der Waals surface area contributed by atoms with Crippen molar-refractivity contribution in [3.63, 3.8) is 0 Å². The summed E-state index contributed by atoms with van der Waals surface area (Å²) in [5, 5.41) is 13.9. The van der Waals surface area contributed by atoms with Crippen molar-refractivity contribution in [1.29, 1.82) is 0 Å². The van der Waals surface area contributed by atoms with Crippen molar-refractivity contribution >= 4 is 17.4 Å². The molecule has 3 rings (SSSR count). The highest BCUT2D eigenvalue weighted by Crippen LogP contribution is 2.39. The number of rotatable bonds is 2. The number of nitrogens with one attached hydrogen (secondary N) is 1. The van der Waals surface area contributed by atoms with E-state index >= 15 is 0 Å². The van der Waals surface area contributed by atoms with Gasteiger partial charge in [-0.05, 0) is 51.7 Å². The molecule has 5 heteroatoms. The molecule has 1 saturated carbocycles. The summed E-state index contributed by atoms with van der Waals surface area (Å²) < 4.78 is 0. The van der Waals surface area contributed by atoms with E-state index < -0.39 is 5.60 Å². The van der Waals surface area contributed by atoms with Crippen molar-refractivity contribution in [3.05, 3.63) is 21.4 Å². The highest BCUT2D eigenvalue weighted by atomic mass is 32.1. The zero-order valence-corrected chi connectivity index (χ0v) is 15.2. The van der Waals surface area contributed by atoms with Crippen LogP contribution in [-0.4, -0.2) is 34.7 Å². The fourth-order valence-electron chi connectivity index (χ4n) is 4.19. The van der Waals surface area contributed by atoms with Gasteiger partial charge < -0.3 is 15.3 Å². The molecule has 0 radical (unpaired) electrons. The Morgan fingerprint density at radius 3 is 2.91 bits per heavy atom. The first-order chi connectivity index (χ1) is 10.9. The molecule has 1 aromatic rings. The maximum absolute atomic E-state index is 12.6. The second kappa shape index (κ2) is 6.44. The maximum Gasteiger partial charge on any atom is 0.317 e. The van der Waals surface area contributed by atoms with Gasteiger partial charge in [0, 0.05) is 28.8 Å². The van der Waals surface area contributed by atoms with Gasteiger partial charge in [0.1, 0.15) is 0 Å². The number of fused-ring (bicyclic) bond motifs is 1. The Balaban J connectivity index is 1.61. The average Bonchev–Trinajstić information content (AvgIpc) is 2.85. The molecule has 2 heterocycles. The minimum Gasteiger partial charge on any atom is -0.389 e. The third kappa shape index (κ3) is 3.41. The van der Waals surface area contributed by atoms with Crippen molar-refractivity contribution in [2.45, 2.75) is 64.5 Å². The van der Waals surface area contributed by atoms with Crippen LogP contribution in [0.3, 0.4) is 0 Å². The van der Waals surface area contributed by atoms with Crippen molar-refractivity contribution in [1.82, 2.24) is 10.2 Å². The number of aliphatic hydroxyl groups is 1. The quantitative estimate of drug-likeness (QED) is 0.864. The molecule has 3 atom stereocenters. The van der Waals surface area contributed by atoms with Crippen molar-refractivity contribution in [2.75, 3.05) is 13.1 Å². The molecule has 2 aliphatic rings. The van der Waals surface area contributed by atoms with Gasteiger partial charge >= 0.3 is 6.03 Å². The van der Waals surface area contributed by atoms with Crippen molar-refractivity contribution in [3.8, 4) is 0 Å². The lowest BCUT2D eigenvalue weighted by atomic mass is 9.71. The Labute approximate surface area is 142 Å². The standard InChI is InChI=1S/C18H28N2O2S/c1-12-10-16(14(3)23-12)13(2)19-17(21)20-9-8-18(22)7-5-4-6-15(18)11-20/h10,13,15,22H,4-9,11H2,1-3H3,(H,19,21). The van der Waals surface area contributed by atoms with Gasteiger partial charge in [0.05, 0.1) is 11.6 Å². The van der Waals surface area contributed by atoms with Crippen molar-refractivity contribution in [2.24, 2.45) is 5.92 Å². The topological polar surface area (TPSA) is 52.6 Å². The van der Waals surface area contributed by atoms with Gasteiger partial charge in [-0.2, -0.15) is 0 Å². The SMILES string of the molecule is Cc1cc(C(C)NC(=O)N2CCC3(O)CCCCC3C2)c(C)s1. The molecule has 1 saturated heterocycles. The molecule has 1 aliphatic carbocycles. The van der Waals surface area contributed by atoms with Crippen LogP contribution in [0.25, 0.3) is 0 Å². The number of nitrogens with zero attached hydrogens (tertiary/aromatic N) is 1. The molecule has 128 valence electrons. The lowest BCUT2D eigenvalue weighted by molar-refractivity contribution is -0.0871. The number of urea groups is 1. The number of thiophene rings is 1. The molecule has 2 amide bonds. The summed E-state index contributed by atoms with van der Waals surface area (Å²) in [4.78, 5) is 17.1. The van der Waals surface area contributed by atoms with Gasteiger partial charge in [-0.3, -0.25) is 0 Å². The van der Waals surface area contributed by atoms with Gasteiger partial charge in [-0.15, -0.1) is 11.3 Å². The van der Waals surface area contributed by atoms with Crippen LogP contribution in [0.4, 0.5) is 4.79 Å². The predicted octanol–water partition coefficient (Wildman–Crippen LogP) is 3.76. The Kier molecular flexibility index (Phi) is 4.70. The monoisotopic (exact) mass is 336 g/mol. The summed E-state index contributed by atoms with van der Waals surface area (Å²) in [5.41, 5.74) is 0.689. The molecule has 1 aliphatic heterocycles. The molecule has 2 fully saturated rings. The lowest BCUT2D eigenvalue weighted by Gasteiger charge is -2.47. The summed E-state index contributed by atoms with van der Waals surface area (Å²) in [6, 6.07) is 2.20. The van der Waals surface area contributed by atoms with Crippen LogP contribution < -0.4 is 5.32 Å². The average molecular weight is 337 g/mol. The Bertz CT molecular complexity index is 586. The summed E-state index contributed by atoms with van der Waals surface area (Å²) in [5.74, 6) is 0.246. The zero-order chi connectivity index (χ0) is 16.6.